The molecule has 0 heterocycles. The summed E-state index contributed by atoms with van der Waals surface area (Å²) >= 11 is 0. The highest BCUT2D eigenvalue weighted by atomic mass is 32.2. The Balaban J connectivity index is 3.36. The van der Waals surface area contributed by atoms with Crippen molar-refractivity contribution in [2.45, 2.75) is 31.4 Å². The standard InChI is InChI=1S/C11H15NO5S/c1-3-11(4-2,18(15,16)17)9-5-7-10(8-6-9)12(13)14/h5-8H,3-4H2,1-2H3,(H,15,16,17). The maximum atomic E-state index is 11.6. The molecule has 1 N–H and O–H groups in total. The fourth-order valence-corrected chi connectivity index (χ4v) is 3.22. The predicted molar refractivity (Wildman–Crippen MR) is 66.9 cm³/mol. The highest BCUT2D eigenvalue weighted by molar-refractivity contribution is 7.86. The number of benzene rings is 1. The van der Waals surface area contributed by atoms with Crippen LogP contribution in [0.3, 0.4) is 0 Å². The summed E-state index contributed by atoms with van der Waals surface area (Å²) in [6.07, 6.45) is 0.389. The Kier molecular flexibility index (Phi) is 4.08. The van der Waals surface area contributed by atoms with Crippen LogP contribution in [0.15, 0.2) is 24.3 Å². The van der Waals surface area contributed by atoms with Crippen LogP contribution in [0, 0.1) is 10.1 Å². The van der Waals surface area contributed by atoms with Crippen LogP contribution in [0.1, 0.15) is 32.3 Å². The maximum Gasteiger partial charge on any atom is 0.274 e. The van der Waals surface area contributed by atoms with E-state index < -0.39 is 19.8 Å². The van der Waals surface area contributed by atoms with Gasteiger partial charge in [-0.25, -0.2) is 0 Å². The summed E-state index contributed by atoms with van der Waals surface area (Å²) < 4.78 is 31.1. The Morgan fingerprint density at radius 3 is 1.94 bits per heavy atom. The van der Waals surface area contributed by atoms with E-state index in [1.54, 1.807) is 13.8 Å². The Morgan fingerprint density at radius 1 is 1.22 bits per heavy atom. The van der Waals surface area contributed by atoms with Crippen molar-refractivity contribution in [3.63, 3.8) is 0 Å². The molecule has 0 radical (unpaired) electrons. The monoisotopic (exact) mass is 273 g/mol. The van der Waals surface area contributed by atoms with Gasteiger partial charge in [0.15, 0.2) is 0 Å². The van der Waals surface area contributed by atoms with E-state index in [4.69, 9.17) is 0 Å². The van der Waals surface area contributed by atoms with Gasteiger partial charge in [-0.3, -0.25) is 14.7 Å². The van der Waals surface area contributed by atoms with Crippen LogP contribution < -0.4 is 0 Å². The average molecular weight is 273 g/mol. The normalized spacial score (nSPS) is 12.4. The lowest BCUT2D eigenvalue weighted by Crippen LogP contribution is -2.34. The van der Waals surface area contributed by atoms with E-state index in [0.29, 0.717) is 5.56 Å². The smallest absolute Gasteiger partial charge is 0.274 e. The fraction of sp³-hybridized carbons (Fsp3) is 0.455. The molecule has 1 rings (SSSR count). The summed E-state index contributed by atoms with van der Waals surface area (Å²) in [6, 6.07) is 5.22. The Bertz CT molecular complexity index is 531. The SMILES string of the molecule is CCC(CC)(c1ccc([N+](=O)[O-])cc1)S(=O)(=O)O. The first-order chi connectivity index (χ1) is 8.28. The lowest BCUT2D eigenvalue weighted by Gasteiger charge is -2.28. The minimum absolute atomic E-state index is 0.116. The Morgan fingerprint density at radius 2 is 1.67 bits per heavy atom. The molecule has 0 spiro atoms. The molecule has 6 nitrogen and oxygen atoms in total. The number of hydrogen-bond donors (Lipinski definition) is 1. The average Bonchev–Trinajstić information content (AvgIpc) is 2.30. The summed E-state index contributed by atoms with van der Waals surface area (Å²) in [5.41, 5.74) is 0.246. The van der Waals surface area contributed by atoms with E-state index in [1.807, 2.05) is 0 Å². The number of nitro benzene ring substituents is 1. The van der Waals surface area contributed by atoms with E-state index in [-0.39, 0.29) is 18.5 Å². The molecule has 0 amide bonds. The summed E-state index contributed by atoms with van der Waals surface area (Å²) in [4.78, 5) is 9.98. The van der Waals surface area contributed by atoms with Gasteiger partial charge in [0, 0.05) is 12.1 Å². The maximum absolute atomic E-state index is 11.6. The van der Waals surface area contributed by atoms with Crippen LogP contribution >= 0.6 is 0 Å². The molecule has 0 aliphatic carbocycles. The number of non-ortho nitro benzene ring substituents is 1. The van der Waals surface area contributed by atoms with E-state index in [2.05, 4.69) is 0 Å². The van der Waals surface area contributed by atoms with Gasteiger partial charge in [-0.05, 0) is 18.4 Å². The zero-order chi connectivity index (χ0) is 14.0. The zero-order valence-corrected chi connectivity index (χ0v) is 11.0. The van der Waals surface area contributed by atoms with Gasteiger partial charge in [-0.1, -0.05) is 26.0 Å². The minimum atomic E-state index is -4.28. The number of rotatable bonds is 5. The van der Waals surface area contributed by atoms with Crippen molar-refractivity contribution in [1.29, 1.82) is 0 Å². The second kappa shape index (κ2) is 5.03. The first kappa shape index (κ1) is 14.6. The summed E-state index contributed by atoms with van der Waals surface area (Å²) in [5.74, 6) is 0. The third kappa shape index (κ3) is 2.37. The van der Waals surface area contributed by atoms with E-state index >= 15 is 0 Å². The quantitative estimate of drug-likeness (QED) is 0.505. The highest BCUT2D eigenvalue weighted by Gasteiger charge is 2.41. The molecule has 0 unspecified atom stereocenters. The lowest BCUT2D eigenvalue weighted by molar-refractivity contribution is -0.384. The Labute approximate surface area is 106 Å². The van der Waals surface area contributed by atoms with Gasteiger partial charge in [0.1, 0.15) is 4.75 Å². The van der Waals surface area contributed by atoms with Crippen molar-refractivity contribution in [2.75, 3.05) is 0 Å². The second-order valence-electron chi connectivity index (χ2n) is 3.98. The molecule has 0 aliphatic heterocycles. The van der Waals surface area contributed by atoms with Crippen LogP contribution in [0.5, 0.6) is 0 Å². The molecule has 1 aromatic carbocycles. The molecular weight excluding hydrogens is 258 g/mol. The molecule has 0 bridgehead atoms. The lowest BCUT2D eigenvalue weighted by atomic mass is 9.92. The van der Waals surface area contributed by atoms with Crippen molar-refractivity contribution in [2.24, 2.45) is 0 Å². The van der Waals surface area contributed by atoms with Crippen molar-refractivity contribution in [1.82, 2.24) is 0 Å². The fourth-order valence-electron chi connectivity index (χ4n) is 2.06. The van der Waals surface area contributed by atoms with Gasteiger partial charge >= 0.3 is 0 Å². The Hall–Kier alpha value is -1.47. The van der Waals surface area contributed by atoms with E-state index in [0.717, 1.165) is 0 Å². The van der Waals surface area contributed by atoms with Gasteiger partial charge < -0.3 is 0 Å². The van der Waals surface area contributed by atoms with E-state index in [9.17, 15) is 23.1 Å². The number of nitrogens with zero attached hydrogens (tertiary/aromatic N) is 1. The summed E-state index contributed by atoms with van der Waals surface area (Å²) in [6.45, 7) is 3.30. The van der Waals surface area contributed by atoms with Crippen molar-refractivity contribution < 1.29 is 17.9 Å². The van der Waals surface area contributed by atoms with Crippen molar-refractivity contribution in [3.05, 3.63) is 39.9 Å². The first-order valence-electron chi connectivity index (χ1n) is 5.50. The van der Waals surface area contributed by atoms with Gasteiger partial charge in [0.05, 0.1) is 4.92 Å². The van der Waals surface area contributed by atoms with Crippen LogP contribution in [0.4, 0.5) is 5.69 Å². The topological polar surface area (TPSA) is 97.5 Å². The number of nitro groups is 1. The molecule has 18 heavy (non-hydrogen) atoms. The molecule has 0 fully saturated rings. The van der Waals surface area contributed by atoms with Crippen molar-refractivity contribution in [3.8, 4) is 0 Å². The van der Waals surface area contributed by atoms with Gasteiger partial charge in [-0.2, -0.15) is 8.42 Å². The van der Waals surface area contributed by atoms with Crippen molar-refractivity contribution >= 4 is 15.8 Å². The van der Waals surface area contributed by atoms with Crippen LogP contribution in [0.2, 0.25) is 0 Å². The molecule has 0 aromatic heterocycles. The van der Waals surface area contributed by atoms with Crippen LogP contribution in [-0.4, -0.2) is 17.9 Å². The first-order valence-corrected chi connectivity index (χ1v) is 6.94. The third-order valence-corrected chi connectivity index (χ3v) is 5.04. The minimum Gasteiger partial charge on any atom is -0.285 e. The molecule has 0 saturated heterocycles. The van der Waals surface area contributed by atoms with Gasteiger partial charge in [0.2, 0.25) is 0 Å². The van der Waals surface area contributed by atoms with Crippen LogP contribution in [0.25, 0.3) is 0 Å². The molecule has 0 atom stereocenters. The highest BCUT2D eigenvalue weighted by Crippen LogP contribution is 2.37. The molecule has 100 valence electrons. The number of hydrogen-bond acceptors (Lipinski definition) is 4. The largest absolute Gasteiger partial charge is 0.285 e. The van der Waals surface area contributed by atoms with Gasteiger partial charge in [0.25, 0.3) is 15.8 Å². The molecule has 0 aliphatic rings. The third-order valence-electron chi connectivity index (χ3n) is 3.24. The van der Waals surface area contributed by atoms with E-state index in [1.165, 1.54) is 24.3 Å². The summed E-state index contributed by atoms with van der Waals surface area (Å²) in [7, 11) is -4.28. The van der Waals surface area contributed by atoms with Crippen LogP contribution in [-0.2, 0) is 14.9 Å². The zero-order valence-electron chi connectivity index (χ0n) is 10.2. The summed E-state index contributed by atoms with van der Waals surface area (Å²) in [5, 5.41) is 10.5. The molecular formula is C11H15NO5S. The predicted octanol–water partition coefficient (Wildman–Crippen LogP) is 2.50. The molecule has 7 heteroatoms. The van der Waals surface area contributed by atoms with Gasteiger partial charge in [-0.15, -0.1) is 0 Å². The second-order valence-corrected chi connectivity index (χ2v) is 5.71. The molecule has 0 saturated carbocycles. The molecule has 1 aromatic rings.